The number of hydrogen-bond donors (Lipinski definition) is 3. The largest absolute Gasteiger partial charge is 0.387 e. The third kappa shape index (κ3) is 3.09. The first-order valence-electron chi connectivity index (χ1n) is 11.9. The summed E-state index contributed by atoms with van der Waals surface area (Å²) >= 11 is 0. The lowest BCUT2D eigenvalue weighted by Gasteiger charge is -2.38. The molecule has 176 valence electrons. The summed E-state index contributed by atoms with van der Waals surface area (Å²) in [6, 6.07) is 6.34. The van der Waals surface area contributed by atoms with Crippen LogP contribution >= 0.6 is 0 Å². The molecular formula is C25H24N8O2. The van der Waals surface area contributed by atoms with E-state index in [2.05, 4.69) is 31.1 Å². The Morgan fingerprint density at radius 2 is 1.91 bits per heavy atom. The highest BCUT2D eigenvalue weighted by molar-refractivity contribution is 5.86. The van der Waals surface area contributed by atoms with Gasteiger partial charge in [0, 0.05) is 59.3 Å². The standard InChI is InChI=1S/C25H24N8O2/c34-13-21(35)32-16-2-3-17(32)10-15(9-16)22-18-5-6-28-24(18)33-25(31-22)19(12-30-33)14-1-4-20(29-11-14)23-26-7-8-27-23/h1,4-8,11-12,15-17,28,34H,2-3,9-10,13H2,(H,26,27)/t15-,16+,17-. The van der Waals surface area contributed by atoms with Crippen molar-refractivity contribution >= 4 is 22.6 Å². The van der Waals surface area contributed by atoms with E-state index >= 15 is 0 Å². The number of aromatic nitrogens is 7. The normalized spacial score (nSPS) is 21.9. The Morgan fingerprint density at radius 3 is 2.63 bits per heavy atom. The van der Waals surface area contributed by atoms with Crippen LogP contribution in [0.15, 0.2) is 49.2 Å². The number of carbonyl (C=O) groups excluding carboxylic acids is 1. The number of aromatic amines is 2. The van der Waals surface area contributed by atoms with Crippen molar-refractivity contribution in [3.63, 3.8) is 0 Å². The maximum absolute atomic E-state index is 12.3. The SMILES string of the molecule is O=C(CO)N1[C@@H]2CC[C@H]1C[C@@H](c1nc3c(-c4ccc(-c5ncc[nH]5)nc4)cnn3c3[nH]ccc13)C2. The van der Waals surface area contributed by atoms with E-state index in [1.807, 2.05) is 40.1 Å². The minimum Gasteiger partial charge on any atom is -0.387 e. The third-order valence-electron chi connectivity index (χ3n) is 7.54. The molecule has 0 unspecified atom stereocenters. The Bertz CT molecular complexity index is 1520. The molecule has 2 aliphatic rings. The molecule has 3 atom stereocenters. The van der Waals surface area contributed by atoms with E-state index in [9.17, 15) is 9.90 Å². The molecule has 3 N–H and O–H groups in total. The molecule has 0 spiro atoms. The Hall–Kier alpha value is -4.05. The molecule has 7 heterocycles. The van der Waals surface area contributed by atoms with E-state index in [-0.39, 0.29) is 23.9 Å². The Balaban J connectivity index is 1.30. The van der Waals surface area contributed by atoms with Gasteiger partial charge in [0.1, 0.15) is 17.9 Å². The van der Waals surface area contributed by atoms with Gasteiger partial charge in [0.05, 0.1) is 11.9 Å². The number of H-pyrrole nitrogens is 2. The summed E-state index contributed by atoms with van der Waals surface area (Å²) in [5.41, 5.74) is 5.36. The van der Waals surface area contributed by atoms with E-state index < -0.39 is 6.61 Å². The molecule has 0 aliphatic carbocycles. The van der Waals surface area contributed by atoms with Crippen LogP contribution in [0.2, 0.25) is 0 Å². The van der Waals surface area contributed by atoms with Gasteiger partial charge in [-0.15, -0.1) is 0 Å². The fourth-order valence-electron chi connectivity index (χ4n) is 6.03. The number of imidazole rings is 1. The molecule has 5 aromatic heterocycles. The van der Waals surface area contributed by atoms with Crippen LogP contribution in [0.5, 0.6) is 0 Å². The molecule has 2 bridgehead atoms. The van der Waals surface area contributed by atoms with Gasteiger partial charge in [0.25, 0.3) is 0 Å². The number of carbonyl (C=O) groups is 1. The van der Waals surface area contributed by atoms with Crippen molar-refractivity contribution in [2.24, 2.45) is 0 Å². The van der Waals surface area contributed by atoms with E-state index in [0.717, 1.165) is 70.7 Å². The van der Waals surface area contributed by atoms with Crippen LogP contribution in [0.3, 0.4) is 0 Å². The summed E-state index contributed by atoms with van der Waals surface area (Å²) in [4.78, 5) is 34.7. The molecule has 7 rings (SSSR count). The van der Waals surface area contributed by atoms with Gasteiger partial charge in [-0.2, -0.15) is 9.61 Å². The second-order valence-electron chi connectivity index (χ2n) is 9.41. The minimum absolute atomic E-state index is 0.158. The van der Waals surface area contributed by atoms with Crippen molar-refractivity contribution in [1.82, 2.24) is 39.4 Å². The molecule has 2 aliphatic heterocycles. The first kappa shape index (κ1) is 20.3. The average Bonchev–Trinajstić information content (AvgIpc) is 3.68. The number of aliphatic hydroxyl groups is 1. The highest BCUT2D eigenvalue weighted by atomic mass is 16.3. The second kappa shape index (κ2) is 7.74. The quantitative estimate of drug-likeness (QED) is 0.372. The van der Waals surface area contributed by atoms with Gasteiger partial charge >= 0.3 is 0 Å². The monoisotopic (exact) mass is 468 g/mol. The van der Waals surface area contributed by atoms with Crippen LogP contribution in [0, 0.1) is 0 Å². The maximum Gasteiger partial charge on any atom is 0.248 e. The van der Waals surface area contributed by atoms with Crippen LogP contribution < -0.4 is 0 Å². The van der Waals surface area contributed by atoms with E-state index in [1.54, 1.807) is 12.4 Å². The molecule has 35 heavy (non-hydrogen) atoms. The fraction of sp³-hybridized carbons (Fsp3) is 0.320. The lowest BCUT2D eigenvalue weighted by Crippen LogP contribution is -2.47. The second-order valence-corrected chi connectivity index (χ2v) is 9.41. The number of aliphatic hydroxyl groups excluding tert-OH is 1. The lowest BCUT2D eigenvalue weighted by atomic mass is 9.86. The van der Waals surface area contributed by atoms with Crippen molar-refractivity contribution in [2.45, 2.75) is 43.7 Å². The first-order valence-corrected chi connectivity index (χ1v) is 11.9. The number of nitrogens with zero attached hydrogens (tertiary/aromatic N) is 6. The predicted molar refractivity (Wildman–Crippen MR) is 128 cm³/mol. The zero-order chi connectivity index (χ0) is 23.5. The van der Waals surface area contributed by atoms with Gasteiger partial charge in [0.2, 0.25) is 5.91 Å². The zero-order valence-electron chi connectivity index (χ0n) is 18.9. The Kier molecular flexibility index (Phi) is 4.50. The molecule has 2 saturated heterocycles. The maximum atomic E-state index is 12.3. The van der Waals surface area contributed by atoms with Crippen LogP contribution in [0.1, 0.15) is 37.3 Å². The van der Waals surface area contributed by atoms with Crippen LogP contribution in [-0.2, 0) is 4.79 Å². The smallest absolute Gasteiger partial charge is 0.248 e. The summed E-state index contributed by atoms with van der Waals surface area (Å²) in [5, 5.41) is 15.1. The summed E-state index contributed by atoms with van der Waals surface area (Å²) in [5.74, 6) is 0.807. The van der Waals surface area contributed by atoms with E-state index in [0.29, 0.717) is 0 Å². The van der Waals surface area contributed by atoms with Gasteiger partial charge < -0.3 is 20.0 Å². The number of piperidine rings is 1. The zero-order valence-corrected chi connectivity index (χ0v) is 18.9. The lowest BCUT2D eigenvalue weighted by molar-refractivity contribution is -0.138. The number of amides is 1. The Morgan fingerprint density at radius 1 is 1.06 bits per heavy atom. The topological polar surface area (TPSA) is 128 Å². The van der Waals surface area contributed by atoms with E-state index in [4.69, 9.17) is 4.98 Å². The first-order chi connectivity index (χ1) is 17.2. The van der Waals surface area contributed by atoms with Gasteiger partial charge in [0.15, 0.2) is 11.5 Å². The van der Waals surface area contributed by atoms with Gasteiger partial charge in [-0.1, -0.05) is 6.07 Å². The number of pyridine rings is 1. The van der Waals surface area contributed by atoms with Gasteiger partial charge in [-0.3, -0.25) is 9.78 Å². The molecular weight excluding hydrogens is 444 g/mol. The summed E-state index contributed by atoms with van der Waals surface area (Å²) < 4.78 is 1.85. The van der Waals surface area contributed by atoms with E-state index in [1.165, 1.54) is 0 Å². The fourth-order valence-corrected chi connectivity index (χ4v) is 6.03. The van der Waals surface area contributed by atoms with Gasteiger partial charge in [-0.05, 0) is 37.8 Å². The minimum atomic E-state index is -0.421. The van der Waals surface area contributed by atoms with Crippen molar-refractivity contribution in [3.05, 3.63) is 54.9 Å². The summed E-state index contributed by atoms with van der Waals surface area (Å²) in [7, 11) is 0. The molecule has 1 amide bonds. The number of hydrogen-bond acceptors (Lipinski definition) is 6. The molecule has 5 aromatic rings. The number of rotatable bonds is 4. The summed E-state index contributed by atoms with van der Waals surface area (Å²) in [6.45, 7) is -0.421. The van der Waals surface area contributed by atoms with Crippen molar-refractivity contribution in [2.75, 3.05) is 6.61 Å². The van der Waals surface area contributed by atoms with Gasteiger partial charge in [-0.25, -0.2) is 9.97 Å². The predicted octanol–water partition coefficient (Wildman–Crippen LogP) is 2.89. The number of nitrogens with one attached hydrogen (secondary N) is 2. The third-order valence-corrected chi connectivity index (χ3v) is 7.54. The molecule has 10 nitrogen and oxygen atoms in total. The molecule has 2 fully saturated rings. The highest BCUT2D eigenvalue weighted by Gasteiger charge is 2.44. The van der Waals surface area contributed by atoms with Crippen LogP contribution in [0.4, 0.5) is 0 Å². The highest BCUT2D eigenvalue weighted by Crippen LogP contribution is 2.44. The van der Waals surface area contributed by atoms with Crippen molar-refractivity contribution < 1.29 is 9.90 Å². The summed E-state index contributed by atoms with van der Waals surface area (Å²) in [6.07, 6.45) is 12.8. The Labute approximate surface area is 200 Å². The molecule has 0 saturated carbocycles. The number of fused-ring (bicyclic) bond motifs is 5. The van der Waals surface area contributed by atoms with Crippen LogP contribution in [-0.4, -0.2) is 69.1 Å². The van der Waals surface area contributed by atoms with Crippen molar-refractivity contribution in [1.29, 1.82) is 0 Å². The molecule has 0 aromatic carbocycles. The molecule has 0 radical (unpaired) electrons. The van der Waals surface area contributed by atoms with Crippen LogP contribution in [0.25, 0.3) is 39.3 Å². The molecule has 10 heteroatoms. The average molecular weight is 469 g/mol. The van der Waals surface area contributed by atoms with Crippen molar-refractivity contribution in [3.8, 4) is 22.6 Å².